The Bertz CT molecular complexity index is 583. The van der Waals surface area contributed by atoms with Gasteiger partial charge in [0.2, 0.25) is 0 Å². The number of nitrogens with zero attached hydrogens (tertiary/aromatic N) is 2. The van der Waals surface area contributed by atoms with Gasteiger partial charge in [-0.3, -0.25) is 4.79 Å². The molecule has 2 rings (SSSR count). The van der Waals surface area contributed by atoms with E-state index in [1.165, 1.54) is 32.1 Å². The first-order chi connectivity index (χ1) is 10.3. The molecule has 4 heteroatoms. The Balaban J connectivity index is 1.77. The van der Waals surface area contributed by atoms with Crippen molar-refractivity contribution in [3.63, 3.8) is 0 Å². The molecule has 1 N–H and O–H groups in total. The number of rotatable bonds is 8. The van der Waals surface area contributed by atoms with Crippen molar-refractivity contribution in [1.29, 1.82) is 0 Å². The van der Waals surface area contributed by atoms with Gasteiger partial charge in [-0.05, 0) is 18.6 Å². The van der Waals surface area contributed by atoms with Crippen molar-refractivity contribution in [2.24, 2.45) is 0 Å². The Morgan fingerprint density at radius 1 is 1.00 bits per heavy atom. The number of benzene rings is 1. The number of aromatic nitrogens is 2. The summed E-state index contributed by atoms with van der Waals surface area (Å²) in [6.07, 6.45) is 10.8. The Labute approximate surface area is 126 Å². The number of unbranched alkanes of at least 4 members (excludes halogenated alkanes) is 5. The number of hydrogen-bond acceptors (Lipinski definition) is 3. The highest BCUT2D eigenvalue weighted by Gasteiger charge is 2.05. The molecule has 1 amide bonds. The fourth-order valence-electron chi connectivity index (χ4n) is 2.35. The second-order valence-electron chi connectivity index (χ2n) is 5.36. The third kappa shape index (κ3) is 4.81. The Morgan fingerprint density at radius 3 is 2.52 bits per heavy atom. The highest BCUT2D eigenvalue weighted by atomic mass is 16.1. The zero-order valence-electron chi connectivity index (χ0n) is 12.6. The number of hydrogen-bond donors (Lipinski definition) is 1. The van der Waals surface area contributed by atoms with Crippen molar-refractivity contribution < 1.29 is 4.79 Å². The van der Waals surface area contributed by atoms with E-state index in [0.29, 0.717) is 5.56 Å². The average Bonchev–Trinajstić information content (AvgIpc) is 2.53. The van der Waals surface area contributed by atoms with Gasteiger partial charge in [-0.25, -0.2) is 0 Å². The van der Waals surface area contributed by atoms with E-state index in [2.05, 4.69) is 22.4 Å². The molecule has 0 unspecified atom stereocenters. The second kappa shape index (κ2) is 8.35. The molecule has 0 fully saturated rings. The molecule has 0 aliphatic carbocycles. The van der Waals surface area contributed by atoms with Gasteiger partial charge in [0.25, 0.3) is 5.91 Å². The third-order valence-electron chi connectivity index (χ3n) is 3.63. The van der Waals surface area contributed by atoms with E-state index in [9.17, 15) is 4.79 Å². The largest absolute Gasteiger partial charge is 0.352 e. The van der Waals surface area contributed by atoms with Crippen molar-refractivity contribution in [2.75, 3.05) is 6.54 Å². The smallest absolute Gasteiger partial charge is 0.251 e. The molecule has 0 aliphatic rings. The quantitative estimate of drug-likeness (QED) is 0.752. The SMILES string of the molecule is CCCCCCCCNC(=O)c1ccc2cnncc2c1. The van der Waals surface area contributed by atoms with Crippen molar-refractivity contribution in [1.82, 2.24) is 15.5 Å². The van der Waals surface area contributed by atoms with Crippen LogP contribution in [-0.2, 0) is 0 Å². The van der Waals surface area contributed by atoms with Crippen molar-refractivity contribution in [2.45, 2.75) is 45.4 Å². The van der Waals surface area contributed by atoms with E-state index < -0.39 is 0 Å². The number of carbonyl (C=O) groups is 1. The summed E-state index contributed by atoms with van der Waals surface area (Å²) in [6, 6.07) is 5.60. The van der Waals surface area contributed by atoms with Gasteiger partial charge in [0.05, 0.1) is 12.4 Å². The van der Waals surface area contributed by atoms with Gasteiger partial charge in [-0.1, -0.05) is 45.1 Å². The van der Waals surface area contributed by atoms with E-state index >= 15 is 0 Å². The van der Waals surface area contributed by atoms with Gasteiger partial charge in [-0.2, -0.15) is 10.2 Å². The Hall–Kier alpha value is -1.97. The van der Waals surface area contributed by atoms with Crippen molar-refractivity contribution >= 4 is 16.7 Å². The molecule has 1 heterocycles. The van der Waals surface area contributed by atoms with Crippen LogP contribution in [0, 0.1) is 0 Å². The number of carbonyl (C=O) groups excluding carboxylic acids is 1. The monoisotopic (exact) mass is 285 g/mol. The Morgan fingerprint density at radius 2 is 1.71 bits per heavy atom. The van der Waals surface area contributed by atoms with Crippen LogP contribution in [0.3, 0.4) is 0 Å². The molecule has 4 nitrogen and oxygen atoms in total. The molecule has 0 bridgehead atoms. The van der Waals surface area contributed by atoms with Crippen LogP contribution in [-0.4, -0.2) is 22.6 Å². The zero-order chi connectivity index (χ0) is 14.9. The molecule has 1 aromatic heterocycles. The second-order valence-corrected chi connectivity index (χ2v) is 5.36. The van der Waals surface area contributed by atoms with Gasteiger partial charge in [-0.15, -0.1) is 0 Å². The van der Waals surface area contributed by atoms with Crippen LogP contribution in [0.1, 0.15) is 55.8 Å². The summed E-state index contributed by atoms with van der Waals surface area (Å²) in [7, 11) is 0. The van der Waals surface area contributed by atoms with E-state index in [4.69, 9.17) is 0 Å². The fraction of sp³-hybridized carbons (Fsp3) is 0.471. The third-order valence-corrected chi connectivity index (χ3v) is 3.63. The van der Waals surface area contributed by atoms with E-state index in [1.54, 1.807) is 12.4 Å². The van der Waals surface area contributed by atoms with Crippen molar-refractivity contribution in [3.8, 4) is 0 Å². The highest BCUT2D eigenvalue weighted by Crippen LogP contribution is 2.13. The molecule has 21 heavy (non-hydrogen) atoms. The molecule has 0 saturated heterocycles. The summed E-state index contributed by atoms with van der Waals surface area (Å²) in [4.78, 5) is 12.1. The van der Waals surface area contributed by atoms with Crippen LogP contribution in [0.2, 0.25) is 0 Å². The summed E-state index contributed by atoms with van der Waals surface area (Å²) in [5, 5.41) is 12.6. The van der Waals surface area contributed by atoms with E-state index in [-0.39, 0.29) is 5.91 Å². The molecule has 2 aromatic rings. The average molecular weight is 285 g/mol. The summed E-state index contributed by atoms with van der Waals surface area (Å²) in [6.45, 7) is 2.97. The Kier molecular flexibility index (Phi) is 6.13. The lowest BCUT2D eigenvalue weighted by Crippen LogP contribution is -2.24. The summed E-state index contributed by atoms with van der Waals surface area (Å²) < 4.78 is 0. The molecule has 112 valence electrons. The maximum atomic E-state index is 12.1. The zero-order valence-corrected chi connectivity index (χ0v) is 12.6. The molecule has 0 aliphatic heterocycles. The molecule has 1 aromatic carbocycles. The minimum Gasteiger partial charge on any atom is -0.352 e. The molecule has 0 atom stereocenters. The van der Waals surface area contributed by atoms with Crippen LogP contribution in [0.15, 0.2) is 30.6 Å². The van der Waals surface area contributed by atoms with Gasteiger partial charge >= 0.3 is 0 Å². The van der Waals surface area contributed by atoms with E-state index in [1.807, 2.05) is 18.2 Å². The minimum absolute atomic E-state index is 0.0118. The normalized spacial score (nSPS) is 10.7. The summed E-state index contributed by atoms with van der Waals surface area (Å²) in [5.74, 6) is -0.0118. The molecule has 0 saturated carbocycles. The lowest BCUT2D eigenvalue weighted by atomic mass is 10.1. The lowest BCUT2D eigenvalue weighted by molar-refractivity contribution is 0.0953. The first-order valence-corrected chi connectivity index (χ1v) is 7.80. The standard InChI is InChI=1S/C17H23N3O/c1-2-3-4-5-6-7-10-18-17(21)14-8-9-15-12-19-20-13-16(15)11-14/h8-9,11-13H,2-7,10H2,1H3,(H,18,21). The van der Waals surface area contributed by atoms with Crippen LogP contribution >= 0.6 is 0 Å². The molecular formula is C17H23N3O. The first kappa shape index (κ1) is 15.4. The van der Waals surface area contributed by atoms with Crippen LogP contribution in [0.4, 0.5) is 0 Å². The predicted molar refractivity (Wildman–Crippen MR) is 85.2 cm³/mol. The first-order valence-electron chi connectivity index (χ1n) is 7.80. The maximum absolute atomic E-state index is 12.1. The van der Waals surface area contributed by atoms with Gasteiger partial charge in [0.1, 0.15) is 0 Å². The highest BCUT2D eigenvalue weighted by molar-refractivity contribution is 5.98. The number of fused-ring (bicyclic) bond motifs is 1. The van der Waals surface area contributed by atoms with Crippen LogP contribution in [0.5, 0.6) is 0 Å². The number of nitrogens with one attached hydrogen (secondary N) is 1. The summed E-state index contributed by atoms with van der Waals surface area (Å²) in [5.41, 5.74) is 0.682. The van der Waals surface area contributed by atoms with E-state index in [0.717, 1.165) is 23.7 Å². The predicted octanol–water partition coefficient (Wildman–Crippen LogP) is 3.72. The molecular weight excluding hydrogens is 262 g/mol. The molecule has 0 spiro atoms. The van der Waals surface area contributed by atoms with Crippen molar-refractivity contribution in [3.05, 3.63) is 36.2 Å². The van der Waals surface area contributed by atoms with Crippen LogP contribution < -0.4 is 5.32 Å². The number of amides is 1. The van der Waals surface area contributed by atoms with Crippen LogP contribution in [0.25, 0.3) is 10.8 Å². The maximum Gasteiger partial charge on any atom is 0.251 e. The minimum atomic E-state index is -0.0118. The fourth-order valence-corrected chi connectivity index (χ4v) is 2.35. The van der Waals surface area contributed by atoms with Gasteiger partial charge in [0.15, 0.2) is 0 Å². The van der Waals surface area contributed by atoms with Gasteiger partial charge in [0, 0.05) is 22.9 Å². The topological polar surface area (TPSA) is 54.9 Å². The molecule has 0 radical (unpaired) electrons. The summed E-state index contributed by atoms with van der Waals surface area (Å²) >= 11 is 0. The van der Waals surface area contributed by atoms with Gasteiger partial charge < -0.3 is 5.32 Å². The lowest BCUT2D eigenvalue weighted by Gasteiger charge is -2.06.